The van der Waals surface area contributed by atoms with Gasteiger partial charge in [0.15, 0.2) is 0 Å². The van der Waals surface area contributed by atoms with Crippen molar-refractivity contribution in [3.63, 3.8) is 0 Å². The summed E-state index contributed by atoms with van der Waals surface area (Å²) in [4.78, 5) is 25.5. The number of carbonyl (C=O) groups excluding carboxylic acids is 2. The van der Waals surface area contributed by atoms with Gasteiger partial charge in [-0.2, -0.15) is 25.4 Å². The number of para-hydroxylation sites is 2. The summed E-state index contributed by atoms with van der Waals surface area (Å²) < 4.78 is 69.9. The van der Waals surface area contributed by atoms with Crippen LogP contribution in [-0.4, -0.2) is 114 Å². The van der Waals surface area contributed by atoms with Gasteiger partial charge in [0.2, 0.25) is 0 Å². The van der Waals surface area contributed by atoms with Crippen LogP contribution in [0.4, 0.5) is 11.4 Å². The number of carbonyl (C=O) groups is 2. The molecule has 6 rings (SSSR count). The fourth-order valence-electron chi connectivity index (χ4n) is 7.15. The average Bonchev–Trinajstić information content (AvgIpc) is 3.23. The van der Waals surface area contributed by atoms with Crippen LogP contribution in [0.15, 0.2) is 109 Å². The molecule has 0 aliphatic carbocycles. The summed E-state index contributed by atoms with van der Waals surface area (Å²) in [6.45, 7) is 10.1. The first-order valence-corrected chi connectivity index (χ1v) is 22.3. The van der Waals surface area contributed by atoms with E-state index in [1.807, 2.05) is 71.1 Å². The Morgan fingerprint density at radius 3 is 1.25 bits per heavy atom. The maximum atomic E-state index is 13.7. The number of likely N-dealkylation sites (N-methyl/N-ethyl adjacent to an activating group) is 1. The lowest BCUT2D eigenvalue weighted by atomic mass is 10.1. The van der Waals surface area contributed by atoms with Crippen LogP contribution >= 0.6 is 12.4 Å². The van der Waals surface area contributed by atoms with Crippen LogP contribution in [0.3, 0.4) is 0 Å². The molecule has 0 aromatic heterocycles. The van der Waals surface area contributed by atoms with E-state index >= 15 is 0 Å². The number of ether oxygens (including phenoxy) is 2. The lowest BCUT2D eigenvalue weighted by Gasteiger charge is -2.43. The first-order valence-electron chi connectivity index (χ1n) is 19.5. The number of hydrogen-bond acceptors (Lipinski definition) is 10. The van der Waals surface area contributed by atoms with Crippen molar-refractivity contribution in [1.82, 2.24) is 18.8 Å². The third kappa shape index (κ3) is 11.8. The van der Waals surface area contributed by atoms with Gasteiger partial charge in [-0.05, 0) is 94.4 Å². The van der Waals surface area contributed by atoms with Crippen molar-refractivity contribution in [2.75, 3.05) is 56.1 Å². The standard InChI is InChI=1S/C22H29N3O4S.C21H27N3O4S.ClH/c1-17-14-24(15-18(2)23(17)3)30(27,28)25(21-8-6-5-7-9-21)16-19-10-12-20(13-11-19)22(26)29-4;1-16-13-23(14-17(2)22-16)29(26,27)24(20-7-5-4-6-8-20)15-18-9-11-19(12-10-18)21(25)28-3;/h5-13,17-18H,14-16H2,1-4H3;4-12,16-17,22H,13-15H2,1-3H3;1H/t17-,18+;16-,17+;. The van der Waals surface area contributed by atoms with Gasteiger partial charge in [-0.1, -0.05) is 60.7 Å². The molecule has 0 radical (unpaired) electrons. The molecular formula is C43H57ClN6O8S2. The van der Waals surface area contributed by atoms with Crippen LogP contribution in [0, 0.1) is 0 Å². The number of nitrogens with zero attached hydrogens (tertiary/aromatic N) is 5. The molecule has 2 saturated heterocycles. The molecular weight excluding hydrogens is 828 g/mol. The normalized spacial score (nSPS) is 20.1. The van der Waals surface area contributed by atoms with Crippen molar-refractivity contribution < 1.29 is 35.9 Å². The zero-order valence-corrected chi connectivity index (χ0v) is 37.6. The number of piperazine rings is 2. The largest absolute Gasteiger partial charge is 0.465 e. The highest BCUT2D eigenvalue weighted by Crippen LogP contribution is 2.27. The number of anilines is 2. The fourth-order valence-corrected chi connectivity index (χ4v) is 10.7. The Labute approximate surface area is 361 Å². The summed E-state index contributed by atoms with van der Waals surface area (Å²) in [5.41, 5.74) is 3.62. The number of methoxy groups -OCH3 is 2. The minimum Gasteiger partial charge on any atom is -0.465 e. The van der Waals surface area contributed by atoms with Crippen molar-refractivity contribution >= 4 is 56.1 Å². The summed E-state index contributed by atoms with van der Waals surface area (Å²) in [5.74, 6) is -0.845. The van der Waals surface area contributed by atoms with E-state index in [9.17, 15) is 26.4 Å². The van der Waals surface area contributed by atoms with E-state index in [-0.39, 0.29) is 49.7 Å². The van der Waals surface area contributed by atoms with Crippen LogP contribution < -0.4 is 13.9 Å². The van der Waals surface area contributed by atoms with Gasteiger partial charge in [0.25, 0.3) is 0 Å². The van der Waals surface area contributed by atoms with E-state index in [2.05, 4.69) is 10.2 Å². The molecule has 1 N–H and O–H groups in total. The van der Waals surface area contributed by atoms with Gasteiger partial charge in [-0.3, -0.25) is 13.5 Å². The van der Waals surface area contributed by atoms with Gasteiger partial charge in [-0.25, -0.2) is 9.59 Å². The minimum absolute atomic E-state index is 0. The molecule has 17 heteroatoms. The molecule has 0 unspecified atom stereocenters. The lowest BCUT2D eigenvalue weighted by Crippen LogP contribution is -2.59. The van der Waals surface area contributed by atoms with Crippen molar-refractivity contribution in [3.8, 4) is 0 Å². The predicted molar refractivity (Wildman–Crippen MR) is 238 cm³/mol. The monoisotopic (exact) mass is 884 g/mol. The van der Waals surface area contributed by atoms with E-state index in [0.29, 0.717) is 48.7 Å². The molecule has 0 bridgehead atoms. The number of rotatable bonds is 12. The quantitative estimate of drug-likeness (QED) is 0.179. The van der Waals surface area contributed by atoms with Crippen molar-refractivity contribution in [1.29, 1.82) is 0 Å². The van der Waals surface area contributed by atoms with Crippen LogP contribution in [0.5, 0.6) is 0 Å². The van der Waals surface area contributed by atoms with Crippen LogP contribution in [0.2, 0.25) is 0 Å². The Morgan fingerprint density at radius 2 is 0.917 bits per heavy atom. The molecule has 4 aromatic rings. The van der Waals surface area contributed by atoms with Gasteiger partial charge in [-0.15, -0.1) is 12.4 Å². The fraction of sp³-hybridized carbons (Fsp3) is 0.395. The third-order valence-corrected chi connectivity index (χ3v) is 14.2. The Morgan fingerprint density at radius 1 is 0.583 bits per heavy atom. The zero-order valence-electron chi connectivity index (χ0n) is 35.2. The topological polar surface area (TPSA) is 149 Å². The van der Waals surface area contributed by atoms with Gasteiger partial charge in [0.1, 0.15) is 0 Å². The summed E-state index contributed by atoms with van der Waals surface area (Å²) in [6, 6.07) is 32.2. The van der Waals surface area contributed by atoms with Crippen molar-refractivity contribution in [2.45, 2.75) is 65.0 Å². The number of hydrogen-bond donors (Lipinski definition) is 1. The molecule has 0 saturated carbocycles. The summed E-state index contributed by atoms with van der Waals surface area (Å²) in [5, 5.41) is 3.36. The maximum Gasteiger partial charge on any atom is 0.337 e. The van der Waals surface area contributed by atoms with Crippen LogP contribution in [0.25, 0.3) is 0 Å². The van der Waals surface area contributed by atoms with Gasteiger partial charge >= 0.3 is 32.4 Å². The number of esters is 2. The van der Waals surface area contributed by atoms with Crippen molar-refractivity contribution in [2.24, 2.45) is 0 Å². The second-order valence-corrected chi connectivity index (χ2v) is 18.7. The molecule has 2 aliphatic rings. The molecule has 4 aromatic carbocycles. The average molecular weight is 886 g/mol. The Balaban J connectivity index is 0.000000260. The Kier molecular flexibility index (Phi) is 17.1. The predicted octanol–water partition coefficient (Wildman–Crippen LogP) is 5.58. The van der Waals surface area contributed by atoms with Gasteiger partial charge in [0.05, 0.1) is 49.8 Å². The first-order chi connectivity index (χ1) is 28.0. The molecule has 4 atom stereocenters. The molecule has 0 amide bonds. The molecule has 326 valence electrons. The van der Waals surface area contributed by atoms with Gasteiger partial charge in [0, 0.05) is 50.3 Å². The van der Waals surface area contributed by atoms with E-state index in [0.717, 1.165) is 11.1 Å². The van der Waals surface area contributed by atoms with Gasteiger partial charge < -0.3 is 14.8 Å². The molecule has 60 heavy (non-hydrogen) atoms. The summed E-state index contributed by atoms with van der Waals surface area (Å²) in [7, 11) is -2.80. The third-order valence-electron chi connectivity index (χ3n) is 10.6. The first kappa shape index (κ1) is 48.1. The Hall–Kier alpha value is -4.55. The van der Waals surface area contributed by atoms with Crippen LogP contribution in [-0.2, 0) is 43.0 Å². The number of nitrogens with one attached hydrogen (secondary N) is 1. The van der Waals surface area contributed by atoms with E-state index in [1.54, 1.807) is 77.1 Å². The summed E-state index contributed by atoms with van der Waals surface area (Å²) in [6.07, 6.45) is 0. The van der Waals surface area contributed by atoms with E-state index in [1.165, 1.54) is 27.1 Å². The maximum absolute atomic E-state index is 13.7. The Bertz CT molecular complexity index is 2200. The van der Waals surface area contributed by atoms with E-state index < -0.39 is 32.4 Å². The second-order valence-electron chi connectivity index (χ2n) is 15.0. The van der Waals surface area contributed by atoms with Crippen LogP contribution in [0.1, 0.15) is 59.5 Å². The number of benzene rings is 4. The smallest absolute Gasteiger partial charge is 0.337 e. The highest BCUT2D eigenvalue weighted by molar-refractivity contribution is 7.90. The lowest BCUT2D eigenvalue weighted by molar-refractivity contribution is 0.0592. The SMILES string of the molecule is COC(=O)c1ccc(CN(c2ccccc2)S(=O)(=O)N2C[C@@H](C)N(C)[C@@H](C)C2)cc1.COC(=O)c1ccc(CN(c2ccccc2)S(=O)(=O)N2C[C@@H](C)N[C@@H](C)C2)cc1.Cl. The summed E-state index contributed by atoms with van der Waals surface area (Å²) >= 11 is 0. The molecule has 0 spiro atoms. The molecule has 2 heterocycles. The minimum atomic E-state index is -3.75. The zero-order chi connectivity index (χ0) is 42.9. The second kappa shape index (κ2) is 21.3. The molecule has 2 fully saturated rings. The molecule has 14 nitrogen and oxygen atoms in total. The number of halogens is 1. The van der Waals surface area contributed by atoms with Crippen molar-refractivity contribution in [3.05, 3.63) is 131 Å². The highest BCUT2D eigenvalue weighted by atomic mass is 35.5. The van der Waals surface area contributed by atoms with E-state index in [4.69, 9.17) is 9.47 Å². The molecule has 2 aliphatic heterocycles. The highest BCUT2D eigenvalue weighted by Gasteiger charge is 2.38.